The molecule has 0 bridgehead atoms. The van der Waals surface area contributed by atoms with E-state index in [1.807, 2.05) is 0 Å². The second kappa shape index (κ2) is 9.23. The van der Waals surface area contributed by atoms with E-state index in [0.29, 0.717) is 23.0 Å². The van der Waals surface area contributed by atoms with Gasteiger partial charge in [0, 0.05) is 11.8 Å². The van der Waals surface area contributed by atoms with Gasteiger partial charge in [-0.25, -0.2) is 0 Å². The van der Waals surface area contributed by atoms with Gasteiger partial charge in [-0.15, -0.1) is 24.3 Å². The third kappa shape index (κ3) is 5.46. The Balaban J connectivity index is 5.85. The number of rotatable bonds is 7. The summed E-state index contributed by atoms with van der Waals surface area (Å²) in [6.07, 6.45) is 11.3. The first-order valence-corrected chi connectivity index (χ1v) is 10.8. The molecule has 1 unspecified atom stereocenters. The Hall–Kier alpha value is -1.14. The van der Waals surface area contributed by atoms with E-state index in [9.17, 15) is 0 Å². The monoisotopic (exact) mass is 330 g/mol. The number of ether oxygens (including phenoxy) is 1. The van der Waals surface area contributed by atoms with Gasteiger partial charge in [0.1, 0.15) is 20.8 Å². The highest BCUT2D eigenvalue weighted by molar-refractivity contribution is 6.90. The van der Waals surface area contributed by atoms with Crippen LogP contribution in [0.2, 0.25) is 16.6 Å². The molecule has 0 heterocycles. The minimum atomic E-state index is -1.78. The third-order valence-corrected chi connectivity index (χ3v) is 11.2. The zero-order valence-electron chi connectivity index (χ0n) is 16.3. The number of hydrogen-bond donors (Lipinski definition) is 0. The van der Waals surface area contributed by atoms with Crippen molar-refractivity contribution < 1.29 is 4.74 Å². The van der Waals surface area contributed by atoms with Gasteiger partial charge < -0.3 is 4.74 Å². The Morgan fingerprint density at radius 2 is 1.39 bits per heavy atom. The SMILES string of the molecule is C#CCOC(C#C[Si](C(C)C)(C(C)C)C(C)C)C(C)(C)CC#C. The van der Waals surface area contributed by atoms with Gasteiger partial charge in [0.05, 0.1) is 0 Å². The van der Waals surface area contributed by atoms with Crippen LogP contribution in [0.25, 0.3) is 0 Å². The molecular weight excluding hydrogens is 296 g/mol. The molecule has 0 aromatic carbocycles. The van der Waals surface area contributed by atoms with Crippen molar-refractivity contribution in [1.29, 1.82) is 0 Å². The molecule has 0 N–H and O–H groups in total. The Bertz CT molecular complexity index is 481. The van der Waals surface area contributed by atoms with Crippen molar-refractivity contribution in [2.24, 2.45) is 5.41 Å². The molecule has 0 aliphatic heterocycles. The van der Waals surface area contributed by atoms with E-state index in [1.165, 1.54) is 0 Å². The third-order valence-electron chi connectivity index (χ3n) is 4.89. The standard InChI is InChI=1S/C21H34OSi/c1-11-14-21(9,10)20(22-15-12-2)13-16-23(17(3)4,18(5)6)19(7)8/h1-2,17-20H,14-15H2,3-10H3. The van der Waals surface area contributed by atoms with Gasteiger partial charge in [-0.05, 0) is 16.6 Å². The van der Waals surface area contributed by atoms with Crippen LogP contribution in [-0.2, 0) is 4.74 Å². The maximum atomic E-state index is 5.86. The smallest absolute Gasteiger partial charge is 0.146 e. The van der Waals surface area contributed by atoms with Gasteiger partial charge in [-0.1, -0.05) is 67.2 Å². The van der Waals surface area contributed by atoms with Crippen molar-refractivity contribution in [2.45, 2.75) is 84.5 Å². The molecule has 0 aliphatic rings. The van der Waals surface area contributed by atoms with E-state index < -0.39 is 8.07 Å². The molecular formula is C21H34OSi. The lowest BCUT2D eigenvalue weighted by molar-refractivity contribution is 0.0341. The topological polar surface area (TPSA) is 9.23 Å². The molecule has 0 saturated heterocycles. The van der Waals surface area contributed by atoms with Gasteiger partial charge in [-0.2, -0.15) is 0 Å². The molecule has 1 nitrogen and oxygen atoms in total. The van der Waals surface area contributed by atoms with Crippen molar-refractivity contribution in [3.8, 4) is 36.2 Å². The molecule has 128 valence electrons. The second-order valence-electron chi connectivity index (χ2n) is 7.93. The van der Waals surface area contributed by atoms with Crippen LogP contribution in [-0.4, -0.2) is 20.8 Å². The Labute approximate surface area is 146 Å². The lowest BCUT2D eigenvalue weighted by Gasteiger charge is -2.38. The summed E-state index contributed by atoms with van der Waals surface area (Å²) >= 11 is 0. The second-order valence-corrected chi connectivity index (χ2v) is 13.5. The molecule has 0 fully saturated rings. The van der Waals surface area contributed by atoms with Crippen LogP contribution in [0.4, 0.5) is 0 Å². The molecule has 0 aliphatic carbocycles. The summed E-state index contributed by atoms with van der Waals surface area (Å²) in [5.74, 6) is 8.75. The zero-order valence-corrected chi connectivity index (χ0v) is 17.3. The molecule has 0 rings (SSSR count). The molecule has 2 heteroatoms. The molecule has 0 spiro atoms. The molecule has 0 aromatic heterocycles. The van der Waals surface area contributed by atoms with Crippen LogP contribution in [0.15, 0.2) is 0 Å². The summed E-state index contributed by atoms with van der Waals surface area (Å²) < 4.78 is 5.86. The van der Waals surface area contributed by atoms with E-state index in [1.54, 1.807) is 0 Å². The summed E-state index contributed by atoms with van der Waals surface area (Å²) in [6, 6.07) is 0. The number of terminal acetylenes is 2. The van der Waals surface area contributed by atoms with Crippen molar-refractivity contribution in [3.05, 3.63) is 0 Å². The predicted octanol–water partition coefficient (Wildman–Crippen LogP) is 5.28. The summed E-state index contributed by atoms with van der Waals surface area (Å²) in [7, 11) is -1.78. The normalized spacial score (nSPS) is 13.4. The Morgan fingerprint density at radius 3 is 1.74 bits per heavy atom. The summed E-state index contributed by atoms with van der Waals surface area (Å²) in [6.45, 7) is 18.3. The van der Waals surface area contributed by atoms with Crippen LogP contribution in [0, 0.1) is 41.6 Å². The minimum Gasteiger partial charge on any atom is -0.352 e. The quantitative estimate of drug-likeness (QED) is 0.456. The fourth-order valence-corrected chi connectivity index (χ4v) is 8.82. The summed E-state index contributed by atoms with van der Waals surface area (Å²) in [5, 5.41) is 0. The van der Waals surface area contributed by atoms with E-state index in [-0.39, 0.29) is 18.1 Å². The van der Waals surface area contributed by atoms with Gasteiger partial charge in [0.25, 0.3) is 0 Å². The van der Waals surface area contributed by atoms with E-state index in [2.05, 4.69) is 78.7 Å². The maximum absolute atomic E-state index is 5.86. The van der Waals surface area contributed by atoms with Crippen molar-refractivity contribution in [2.75, 3.05) is 6.61 Å². The zero-order chi connectivity index (χ0) is 18.3. The molecule has 0 amide bonds. The van der Waals surface area contributed by atoms with Crippen molar-refractivity contribution in [1.82, 2.24) is 0 Å². The highest BCUT2D eigenvalue weighted by atomic mass is 28.3. The maximum Gasteiger partial charge on any atom is 0.146 e. The van der Waals surface area contributed by atoms with Crippen LogP contribution in [0.3, 0.4) is 0 Å². The predicted molar refractivity (Wildman–Crippen MR) is 105 cm³/mol. The van der Waals surface area contributed by atoms with Crippen molar-refractivity contribution >= 4 is 8.07 Å². The molecule has 0 saturated carbocycles. The minimum absolute atomic E-state index is 0.205. The Morgan fingerprint density at radius 1 is 0.913 bits per heavy atom. The van der Waals surface area contributed by atoms with E-state index in [0.717, 1.165) is 0 Å². The van der Waals surface area contributed by atoms with E-state index in [4.69, 9.17) is 17.6 Å². The van der Waals surface area contributed by atoms with Crippen LogP contribution >= 0.6 is 0 Å². The summed E-state index contributed by atoms with van der Waals surface area (Å²) in [5.41, 5.74) is 5.32. The van der Waals surface area contributed by atoms with Gasteiger partial charge in [0.15, 0.2) is 0 Å². The highest BCUT2D eigenvalue weighted by Gasteiger charge is 2.42. The first-order chi connectivity index (χ1) is 10.6. The average molecular weight is 331 g/mol. The van der Waals surface area contributed by atoms with Crippen molar-refractivity contribution in [3.63, 3.8) is 0 Å². The average Bonchev–Trinajstić information content (AvgIpc) is 2.41. The number of hydrogen-bond acceptors (Lipinski definition) is 1. The molecule has 1 atom stereocenters. The Kier molecular flexibility index (Phi) is 8.77. The summed E-state index contributed by atoms with van der Waals surface area (Å²) in [4.78, 5) is 0. The van der Waals surface area contributed by atoms with Gasteiger partial charge in [-0.3, -0.25) is 0 Å². The van der Waals surface area contributed by atoms with Crippen LogP contribution < -0.4 is 0 Å². The fraction of sp³-hybridized carbons (Fsp3) is 0.714. The molecule has 0 radical (unpaired) electrons. The first-order valence-electron chi connectivity index (χ1n) is 8.57. The van der Waals surface area contributed by atoms with Gasteiger partial charge in [0.2, 0.25) is 0 Å². The molecule has 23 heavy (non-hydrogen) atoms. The first kappa shape index (κ1) is 21.9. The lowest BCUT2D eigenvalue weighted by atomic mass is 9.83. The van der Waals surface area contributed by atoms with Crippen LogP contribution in [0.1, 0.15) is 61.8 Å². The molecule has 0 aromatic rings. The fourth-order valence-electron chi connectivity index (χ4n) is 3.57. The van der Waals surface area contributed by atoms with Crippen LogP contribution in [0.5, 0.6) is 0 Å². The highest BCUT2D eigenvalue weighted by Crippen LogP contribution is 2.41. The lowest BCUT2D eigenvalue weighted by Crippen LogP contribution is -2.44. The van der Waals surface area contributed by atoms with E-state index >= 15 is 0 Å². The van der Waals surface area contributed by atoms with Gasteiger partial charge >= 0.3 is 0 Å². The largest absolute Gasteiger partial charge is 0.352 e.